The van der Waals surface area contributed by atoms with Crippen LogP contribution in [-0.2, 0) is 65.4 Å². The minimum absolute atomic E-state index is 0.000363. The molecule has 5 unspecified atom stereocenters. The van der Waals surface area contributed by atoms with Gasteiger partial charge in [0.1, 0.15) is 19.3 Å². The van der Waals surface area contributed by atoms with Gasteiger partial charge in [-0.15, -0.1) is 0 Å². The summed E-state index contributed by atoms with van der Waals surface area (Å²) in [4.78, 5) is 73.2. The zero-order valence-electron chi connectivity index (χ0n) is 67.8. The molecule has 0 aliphatic heterocycles. The standard InChI is InChI=1S/C91H144O17P2/c1-5-9-13-17-21-25-29-33-37-41-42-46-48-52-56-60-64-68-72-76-89(94)102-82-87(108-91(96)78-74-70-66-62-58-54-50-45-40-36-32-28-24-20-16-12-8-4)84-106-110(99,100)104-80-85(92)79-103-109(97,98)105-83-86(107-90(95)77-73-69-65-61-57-53-49-44-39-35-31-27-23-19-15-11-7-3)81-101-88(93)75-71-67-63-59-55-51-47-43-38-34-30-26-22-18-14-10-6-2/h9-16,21-28,33-40,42,46-47,50-52,54,56,62,66,85-87,92H,5-8,17-20,29-32,41,43-45,48-49,53,55,57-61,63-65,67-84H2,1-4H3,(H,97,98)(H,99,100)/b13-9-,14-10-,15-11-,16-12-,25-21-,26-22-,27-23-,28-24-,37-33-,38-34-,39-35-,40-36-,46-42-,51-47-,54-50-,56-52-,66-62-. The Kier molecular flexibility index (Phi) is 76.0. The number of hydrogen-bond donors (Lipinski definition) is 3. The molecule has 0 radical (unpaired) electrons. The van der Waals surface area contributed by atoms with Crippen molar-refractivity contribution >= 4 is 39.5 Å². The lowest BCUT2D eigenvalue weighted by atomic mass is 10.1. The van der Waals surface area contributed by atoms with E-state index in [-0.39, 0.29) is 25.7 Å². The zero-order chi connectivity index (χ0) is 80.3. The van der Waals surface area contributed by atoms with E-state index in [9.17, 15) is 43.2 Å². The number of rotatable bonds is 75. The van der Waals surface area contributed by atoms with Crippen molar-refractivity contribution in [3.63, 3.8) is 0 Å². The van der Waals surface area contributed by atoms with Crippen LogP contribution in [-0.4, -0.2) is 96.7 Å². The Hall–Kier alpha value is -6.36. The Balaban J connectivity index is 5.52. The summed E-state index contributed by atoms with van der Waals surface area (Å²) in [7, 11) is -10.0. The van der Waals surface area contributed by atoms with Gasteiger partial charge in [0.15, 0.2) is 12.2 Å². The molecule has 0 aliphatic carbocycles. The van der Waals surface area contributed by atoms with E-state index in [0.29, 0.717) is 32.1 Å². The van der Waals surface area contributed by atoms with E-state index in [2.05, 4.69) is 222 Å². The summed E-state index contributed by atoms with van der Waals surface area (Å²) in [5.74, 6) is -2.34. The van der Waals surface area contributed by atoms with Crippen LogP contribution in [0.25, 0.3) is 0 Å². The third-order valence-electron chi connectivity index (χ3n) is 16.2. The maximum atomic E-state index is 13.1. The van der Waals surface area contributed by atoms with Gasteiger partial charge in [-0.2, -0.15) is 0 Å². The summed E-state index contributed by atoms with van der Waals surface area (Å²) in [5, 5.41) is 10.7. The first kappa shape index (κ1) is 104. The van der Waals surface area contributed by atoms with Gasteiger partial charge in [-0.25, -0.2) is 9.13 Å². The molecule has 0 spiro atoms. The highest BCUT2D eigenvalue weighted by Crippen LogP contribution is 2.45. The van der Waals surface area contributed by atoms with E-state index >= 15 is 0 Å². The summed E-state index contributed by atoms with van der Waals surface area (Å²) in [6, 6.07) is 0. The van der Waals surface area contributed by atoms with Gasteiger partial charge in [0.25, 0.3) is 0 Å². The van der Waals surface area contributed by atoms with Crippen LogP contribution in [0.1, 0.15) is 285 Å². The fourth-order valence-electron chi connectivity index (χ4n) is 10.1. The number of phosphoric ester groups is 2. The second kappa shape index (κ2) is 80.7. The Labute approximate surface area is 665 Å². The van der Waals surface area contributed by atoms with Crippen molar-refractivity contribution in [2.75, 3.05) is 39.6 Å². The second-order valence-electron chi connectivity index (χ2n) is 26.5. The van der Waals surface area contributed by atoms with Crippen LogP contribution < -0.4 is 0 Å². The number of carbonyl (C=O) groups excluding carboxylic acids is 4. The van der Waals surface area contributed by atoms with Gasteiger partial charge < -0.3 is 33.8 Å². The van der Waals surface area contributed by atoms with E-state index in [1.54, 1.807) is 0 Å². The van der Waals surface area contributed by atoms with Gasteiger partial charge in [-0.05, 0) is 180 Å². The lowest BCUT2D eigenvalue weighted by Crippen LogP contribution is -2.30. The first-order valence-electron chi connectivity index (χ1n) is 41.3. The average Bonchev–Trinajstić information content (AvgIpc) is 0.906. The third kappa shape index (κ3) is 79.7. The Morgan fingerprint density at radius 1 is 0.255 bits per heavy atom. The highest BCUT2D eigenvalue weighted by atomic mass is 31.2. The van der Waals surface area contributed by atoms with Crippen molar-refractivity contribution in [1.82, 2.24) is 0 Å². The van der Waals surface area contributed by atoms with Crippen molar-refractivity contribution in [3.05, 3.63) is 207 Å². The van der Waals surface area contributed by atoms with Crippen LogP contribution in [0.15, 0.2) is 207 Å². The first-order chi connectivity index (χ1) is 53.7. The van der Waals surface area contributed by atoms with Crippen molar-refractivity contribution in [2.24, 2.45) is 0 Å². The zero-order valence-corrected chi connectivity index (χ0v) is 69.6. The SMILES string of the molecule is CC/C=C\C/C=C\C/C=C\C/C=C\C/C=C\CCCCCC(=O)OCC(COP(=O)(O)OCC(O)COP(=O)(O)OCC(COC(=O)CCCCCC/C=C\C/C=C\C/C=C\C/C=C\CC)OC(=O)CCCCCCCCC/C=C\C/C=C\C/C=C\CC)OC(=O)CCC/C=C\C/C=C\C/C=C\C/C=C\C/C=C\CC. The molecule has 3 N–H and O–H groups in total. The molecule has 19 heteroatoms. The van der Waals surface area contributed by atoms with E-state index in [1.165, 1.54) is 0 Å². The fourth-order valence-corrected chi connectivity index (χ4v) is 11.7. The molecule has 0 aromatic rings. The van der Waals surface area contributed by atoms with Crippen LogP contribution in [0.2, 0.25) is 0 Å². The fraction of sp³-hybridized carbons (Fsp3) is 0.582. The molecule has 0 aromatic carbocycles. The number of aliphatic hydroxyl groups excluding tert-OH is 1. The lowest BCUT2D eigenvalue weighted by Gasteiger charge is -2.21. The minimum Gasteiger partial charge on any atom is -0.462 e. The number of hydrogen-bond acceptors (Lipinski definition) is 15. The summed E-state index contributed by atoms with van der Waals surface area (Å²) in [5.41, 5.74) is 0. The maximum Gasteiger partial charge on any atom is 0.472 e. The number of unbranched alkanes of at least 4 members (excludes halogenated alkanes) is 15. The molecule has 0 fully saturated rings. The molecule has 5 atom stereocenters. The Morgan fingerprint density at radius 2 is 0.455 bits per heavy atom. The third-order valence-corrected chi connectivity index (χ3v) is 18.1. The molecule has 0 saturated carbocycles. The van der Waals surface area contributed by atoms with E-state index in [0.717, 1.165) is 199 Å². The second-order valence-corrected chi connectivity index (χ2v) is 29.4. The van der Waals surface area contributed by atoms with Gasteiger partial charge >= 0.3 is 39.5 Å². The van der Waals surface area contributed by atoms with Gasteiger partial charge in [0.05, 0.1) is 26.4 Å². The lowest BCUT2D eigenvalue weighted by molar-refractivity contribution is -0.161. The quantitative estimate of drug-likeness (QED) is 0.0169. The first-order valence-corrected chi connectivity index (χ1v) is 44.3. The molecule has 0 heterocycles. The normalized spacial score (nSPS) is 14.9. The predicted molar refractivity (Wildman–Crippen MR) is 454 cm³/mol. The van der Waals surface area contributed by atoms with Gasteiger partial charge in [0.2, 0.25) is 0 Å². The highest BCUT2D eigenvalue weighted by molar-refractivity contribution is 7.47. The van der Waals surface area contributed by atoms with Crippen molar-refractivity contribution in [2.45, 2.75) is 303 Å². The van der Waals surface area contributed by atoms with E-state index in [4.69, 9.17) is 37.0 Å². The van der Waals surface area contributed by atoms with Crippen LogP contribution >= 0.6 is 15.6 Å². The largest absolute Gasteiger partial charge is 0.472 e. The summed E-state index contributed by atoms with van der Waals surface area (Å²) < 4.78 is 68.6. The number of aliphatic hydroxyl groups is 1. The van der Waals surface area contributed by atoms with Gasteiger partial charge in [0, 0.05) is 25.7 Å². The molecular formula is C91H144O17P2. The Morgan fingerprint density at radius 3 is 0.727 bits per heavy atom. The molecule has 0 amide bonds. The van der Waals surface area contributed by atoms with Crippen LogP contribution in [0.3, 0.4) is 0 Å². The molecule has 0 saturated heterocycles. The van der Waals surface area contributed by atoms with Gasteiger partial charge in [-0.3, -0.25) is 37.3 Å². The minimum atomic E-state index is -5.02. The molecule has 0 aromatic heterocycles. The Bertz CT molecular complexity index is 2900. The maximum absolute atomic E-state index is 13.1. The number of carbonyl (C=O) groups is 4. The smallest absolute Gasteiger partial charge is 0.462 e. The number of ether oxygens (including phenoxy) is 4. The van der Waals surface area contributed by atoms with Crippen LogP contribution in [0, 0.1) is 0 Å². The van der Waals surface area contributed by atoms with E-state index < -0.39 is 97.5 Å². The molecule has 110 heavy (non-hydrogen) atoms. The molecule has 0 aliphatic rings. The van der Waals surface area contributed by atoms with Crippen LogP contribution in [0.5, 0.6) is 0 Å². The molecule has 0 bridgehead atoms. The number of allylic oxidation sites excluding steroid dienone is 34. The average molecular weight is 1570 g/mol. The van der Waals surface area contributed by atoms with Crippen molar-refractivity contribution < 1.29 is 80.2 Å². The monoisotopic (exact) mass is 1570 g/mol. The van der Waals surface area contributed by atoms with Gasteiger partial charge in [-0.1, -0.05) is 286 Å². The predicted octanol–water partition coefficient (Wildman–Crippen LogP) is 24.7. The molecular weight excluding hydrogens is 1430 g/mol. The van der Waals surface area contributed by atoms with Crippen LogP contribution in [0.4, 0.5) is 0 Å². The summed E-state index contributed by atoms with van der Waals surface area (Å²) in [6.07, 6.45) is 101. The number of phosphoric acid groups is 2. The molecule has 620 valence electrons. The summed E-state index contributed by atoms with van der Waals surface area (Å²) in [6.45, 7) is 4.26. The van der Waals surface area contributed by atoms with E-state index in [1.807, 2.05) is 12.2 Å². The summed E-state index contributed by atoms with van der Waals surface area (Å²) >= 11 is 0. The topological polar surface area (TPSA) is 237 Å². The molecule has 17 nitrogen and oxygen atoms in total. The van der Waals surface area contributed by atoms with Crippen molar-refractivity contribution in [1.29, 1.82) is 0 Å². The highest BCUT2D eigenvalue weighted by Gasteiger charge is 2.30. The number of esters is 4. The van der Waals surface area contributed by atoms with Crippen molar-refractivity contribution in [3.8, 4) is 0 Å². The molecule has 0 rings (SSSR count).